The number of nitrogens with zero attached hydrogens (tertiary/aromatic N) is 4. The van der Waals surface area contributed by atoms with E-state index >= 15 is 0 Å². The van der Waals surface area contributed by atoms with Gasteiger partial charge in [-0.3, -0.25) is 4.79 Å². The number of aryl methyl sites for hydroxylation is 1. The van der Waals surface area contributed by atoms with E-state index in [0.717, 1.165) is 21.7 Å². The van der Waals surface area contributed by atoms with E-state index in [1.807, 2.05) is 37.3 Å². The molecule has 130 valence electrons. The number of carbonyl (C=O) groups is 1. The fourth-order valence-electron chi connectivity index (χ4n) is 2.45. The third-order valence-corrected chi connectivity index (χ3v) is 5.72. The van der Waals surface area contributed by atoms with E-state index in [-0.39, 0.29) is 11.7 Å². The lowest BCUT2D eigenvalue weighted by atomic mass is 10.2. The lowest BCUT2D eigenvalue weighted by Crippen LogP contribution is -2.14. The third kappa shape index (κ3) is 3.44. The summed E-state index contributed by atoms with van der Waals surface area (Å²) in [5.74, 6) is 0.0967. The topological polar surface area (TPSA) is 96.5 Å². The smallest absolute Gasteiger partial charge is 0.236 e. The SMILES string of the molecule is Cc1nc(NC(=O)CSc2ncnc3nc[nH]c23)sc1-c1ccccc1. The van der Waals surface area contributed by atoms with Crippen molar-refractivity contribution in [2.75, 3.05) is 11.1 Å². The quantitative estimate of drug-likeness (QED) is 0.405. The fraction of sp³-hybridized carbons (Fsp3) is 0.118. The number of carbonyl (C=O) groups excluding carboxylic acids is 1. The lowest BCUT2D eigenvalue weighted by molar-refractivity contribution is -0.113. The standard InChI is InChI=1S/C17H14N6OS2/c1-10-14(11-5-3-2-4-6-11)26-17(22-10)23-12(24)7-25-16-13-15(19-8-18-13)20-9-21-16/h2-6,8-9H,7H2,1H3,(H,22,23,24)(H,18,19,20,21). The molecule has 1 aromatic carbocycles. The van der Waals surface area contributed by atoms with Gasteiger partial charge in [0.1, 0.15) is 16.9 Å². The van der Waals surface area contributed by atoms with Crippen LogP contribution in [0.15, 0.2) is 48.0 Å². The number of fused-ring (bicyclic) bond motifs is 1. The van der Waals surface area contributed by atoms with Crippen LogP contribution in [-0.2, 0) is 4.79 Å². The average molecular weight is 382 g/mol. The Morgan fingerprint density at radius 2 is 2.08 bits per heavy atom. The summed E-state index contributed by atoms with van der Waals surface area (Å²) in [6.07, 6.45) is 3.01. The zero-order chi connectivity index (χ0) is 17.9. The number of aromatic nitrogens is 5. The molecule has 7 nitrogen and oxygen atoms in total. The molecule has 2 N–H and O–H groups in total. The first kappa shape index (κ1) is 16.7. The van der Waals surface area contributed by atoms with Crippen molar-refractivity contribution in [2.45, 2.75) is 11.9 Å². The van der Waals surface area contributed by atoms with E-state index in [0.29, 0.717) is 15.8 Å². The van der Waals surface area contributed by atoms with E-state index < -0.39 is 0 Å². The van der Waals surface area contributed by atoms with Crippen LogP contribution >= 0.6 is 23.1 Å². The summed E-state index contributed by atoms with van der Waals surface area (Å²) in [5, 5.41) is 4.16. The van der Waals surface area contributed by atoms with Crippen LogP contribution in [0.25, 0.3) is 21.6 Å². The molecule has 0 aliphatic rings. The average Bonchev–Trinajstić information content (AvgIpc) is 3.27. The second-order valence-corrected chi connectivity index (χ2v) is 7.38. The maximum Gasteiger partial charge on any atom is 0.236 e. The Hall–Kier alpha value is -2.78. The number of aromatic amines is 1. The Labute approximate surface area is 157 Å². The maximum atomic E-state index is 12.3. The van der Waals surface area contributed by atoms with Crippen LogP contribution in [0, 0.1) is 6.92 Å². The molecule has 9 heteroatoms. The molecule has 4 rings (SSSR count). The number of imidazole rings is 1. The van der Waals surface area contributed by atoms with E-state index in [1.165, 1.54) is 29.4 Å². The summed E-state index contributed by atoms with van der Waals surface area (Å²) >= 11 is 2.80. The fourth-order valence-corrected chi connectivity index (χ4v) is 4.19. The van der Waals surface area contributed by atoms with E-state index in [9.17, 15) is 4.79 Å². The van der Waals surface area contributed by atoms with E-state index in [1.54, 1.807) is 6.33 Å². The number of hydrogen-bond acceptors (Lipinski definition) is 7. The number of anilines is 1. The largest absolute Gasteiger partial charge is 0.341 e. The van der Waals surface area contributed by atoms with Crippen LogP contribution in [0.4, 0.5) is 5.13 Å². The summed E-state index contributed by atoms with van der Waals surface area (Å²) in [6.45, 7) is 1.94. The highest BCUT2D eigenvalue weighted by molar-refractivity contribution is 8.00. The number of hydrogen-bond donors (Lipinski definition) is 2. The maximum absolute atomic E-state index is 12.3. The molecule has 0 unspecified atom stereocenters. The van der Waals surface area contributed by atoms with Crippen LogP contribution in [0.2, 0.25) is 0 Å². The molecule has 3 aromatic heterocycles. The van der Waals surface area contributed by atoms with Crippen LogP contribution in [0.1, 0.15) is 5.69 Å². The number of benzene rings is 1. The Kier molecular flexibility index (Phi) is 4.63. The van der Waals surface area contributed by atoms with Crippen molar-refractivity contribution in [3.8, 4) is 10.4 Å². The number of amides is 1. The van der Waals surface area contributed by atoms with E-state index in [4.69, 9.17) is 0 Å². The van der Waals surface area contributed by atoms with Gasteiger partial charge >= 0.3 is 0 Å². The first-order valence-corrected chi connectivity index (χ1v) is 9.60. The van der Waals surface area contributed by atoms with Crippen molar-refractivity contribution in [3.05, 3.63) is 48.7 Å². The van der Waals surface area contributed by atoms with Crippen molar-refractivity contribution >= 4 is 45.3 Å². The van der Waals surface area contributed by atoms with Gasteiger partial charge in [0, 0.05) is 0 Å². The molecular weight excluding hydrogens is 368 g/mol. The van der Waals surface area contributed by atoms with Crippen molar-refractivity contribution < 1.29 is 4.79 Å². The molecule has 0 saturated heterocycles. The predicted octanol–water partition coefficient (Wildman–Crippen LogP) is 3.52. The van der Waals surface area contributed by atoms with Gasteiger partial charge < -0.3 is 10.3 Å². The monoisotopic (exact) mass is 382 g/mol. The van der Waals surface area contributed by atoms with Gasteiger partial charge in [-0.25, -0.2) is 19.9 Å². The molecule has 0 aliphatic carbocycles. The number of nitrogens with one attached hydrogen (secondary N) is 2. The van der Waals surface area contributed by atoms with Gasteiger partial charge in [-0.1, -0.05) is 53.4 Å². The van der Waals surface area contributed by atoms with Crippen LogP contribution in [0.5, 0.6) is 0 Å². The minimum atomic E-state index is -0.130. The van der Waals surface area contributed by atoms with Crippen LogP contribution in [-0.4, -0.2) is 36.6 Å². The first-order chi connectivity index (χ1) is 12.7. The summed E-state index contributed by atoms with van der Waals surface area (Å²) in [7, 11) is 0. The van der Waals surface area contributed by atoms with E-state index in [2.05, 4.69) is 30.2 Å². The van der Waals surface area contributed by atoms with Gasteiger partial charge in [0.2, 0.25) is 5.91 Å². The summed E-state index contributed by atoms with van der Waals surface area (Å²) in [6, 6.07) is 10.0. The van der Waals surface area contributed by atoms with Crippen LogP contribution < -0.4 is 5.32 Å². The summed E-state index contributed by atoms with van der Waals surface area (Å²) in [4.78, 5) is 33.1. The number of thioether (sulfide) groups is 1. The van der Waals surface area contributed by atoms with Crippen molar-refractivity contribution in [1.82, 2.24) is 24.9 Å². The Morgan fingerprint density at radius 1 is 1.23 bits per heavy atom. The normalized spacial score (nSPS) is 11.0. The highest BCUT2D eigenvalue weighted by atomic mass is 32.2. The van der Waals surface area contributed by atoms with Gasteiger partial charge in [0.05, 0.1) is 22.7 Å². The molecule has 0 bridgehead atoms. The second kappa shape index (κ2) is 7.22. The minimum Gasteiger partial charge on any atom is -0.341 e. The summed E-state index contributed by atoms with van der Waals surface area (Å²) in [5.41, 5.74) is 3.33. The molecule has 0 spiro atoms. The number of H-pyrrole nitrogens is 1. The minimum absolute atomic E-state index is 0.130. The van der Waals surface area contributed by atoms with Gasteiger partial charge in [-0.05, 0) is 12.5 Å². The molecule has 0 atom stereocenters. The molecule has 1 amide bonds. The lowest BCUT2D eigenvalue weighted by Gasteiger charge is -2.02. The van der Waals surface area contributed by atoms with Crippen molar-refractivity contribution in [1.29, 1.82) is 0 Å². The third-order valence-electron chi connectivity index (χ3n) is 3.61. The van der Waals surface area contributed by atoms with Gasteiger partial charge in [-0.2, -0.15) is 0 Å². The molecule has 0 fully saturated rings. The Morgan fingerprint density at radius 3 is 2.92 bits per heavy atom. The van der Waals surface area contributed by atoms with Crippen molar-refractivity contribution in [3.63, 3.8) is 0 Å². The Bertz CT molecular complexity index is 1060. The zero-order valence-corrected chi connectivity index (χ0v) is 15.4. The molecule has 0 aliphatic heterocycles. The van der Waals surface area contributed by atoms with Crippen molar-refractivity contribution in [2.24, 2.45) is 0 Å². The highest BCUT2D eigenvalue weighted by Gasteiger charge is 2.13. The molecule has 3 heterocycles. The van der Waals surface area contributed by atoms with Crippen LogP contribution in [0.3, 0.4) is 0 Å². The van der Waals surface area contributed by atoms with Gasteiger partial charge in [0.25, 0.3) is 0 Å². The molecule has 26 heavy (non-hydrogen) atoms. The molecule has 0 saturated carbocycles. The van der Waals surface area contributed by atoms with Gasteiger partial charge in [0.15, 0.2) is 10.8 Å². The zero-order valence-electron chi connectivity index (χ0n) is 13.8. The molecular formula is C17H14N6OS2. The number of thiazole rings is 1. The predicted molar refractivity (Wildman–Crippen MR) is 103 cm³/mol. The first-order valence-electron chi connectivity index (χ1n) is 7.80. The summed E-state index contributed by atoms with van der Waals surface area (Å²) < 4.78 is 0. The second-order valence-electron chi connectivity index (χ2n) is 5.42. The highest BCUT2D eigenvalue weighted by Crippen LogP contribution is 2.32. The Balaban J connectivity index is 1.43. The number of rotatable bonds is 5. The van der Waals surface area contributed by atoms with Gasteiger partial charge in [-0.15, -0.1) is 0 Å². The molecule has 0 radical (unpaired) electrons. The molecule has 4 aromatic rings.